The van der Waals surface area contributed by atoms with Gasteiger partial charge in [-0.2, -0.15) is 22.7 Å². The van der Waals surface area contributed by atoms with Crippen molar-refractivity contribution >= 4 is 50.3 Å². The molecule has 0 bridgehead atoms. The van der Waals surface area contributed by atoms with Gasteiger partial charge in [-0.1, -0.05) is 18.2 Å². The Labute approximate surface area is 159 Å². The first-order chi connectivity index (χ1) is 12.9. The summed E-state index contributed by atoms with van der Waals surface area (Å²) in [6, 6.07) is 19.2. The molecule has 0 saturated carbocycles. The minimum atomic E-state index is 0.903. The Balaban J connectivity index is 1.58. The zero-order chi connectivity index (χ0) is 17.3. The Hall–Kier alpha value is -2.56. The van der Waals surface area contributed by atoms with Gasteiger partial charge in [0.05, 0.1) is 0 Å². The van der Waals surface area contributed by atoms with Gasteiger partial charge in [-0.25, -0.2) is 0 Å². The number of rotatable bonds is 5. The molecule has 2 aromatic carbocycles. The van der Waals surface area contributed by atoms with E-state index in [9.17, 15) is 0 Å². The van der Waals surface area contributed by atoms with Gasteiger partial charge < -0.3 is 9.32 Å². The van der Waals surface area contributed by atoms with Gasteiger partial charge in [-0.05, 0) is 69.0 Å². The maximum absolute atomic E-state index is 5.98. The second kappa shape index (κ2) is 6.63. The molecule has 0 aliphatic rings. The highest BCUT2D eigenvalue weighted by atomic mass is 32.1. The van der Waals surface area contributed by atoms with Gasteiger partial charge in [0.2, 0.25) is 0 Å². The Morgan fingerprint density at radius 3 is 2.12 bits per heavy atom. The molecule has 0 saturated heterocycles. The summed E-state index contributed by atoms with van der Waals surface area (Å²) in [6.07, 6.45) is 0. The molecule has 0 radical (unpaired) electrons. The van der Waals surface area contributed by atoms with Crippen molar-refractivity contribution in [3.8, 4) is 0 Å². The van der Waals surface area contributed by atoms with E-state index < -0.39 is 0 Å². The van der Waals surface area contributed by atoms with Gasteiger partial charge in [-0.3, -0.25) is 0 Å². The second-order valence-corrected chi connectivity index (χ2v) is 7.96. The molecule has 0 N–H and O–H groups in total. The summed E-state index contributed by atoms with van der Waals surface area (Å²) < 4.78 is 5.98. The predicted octanol–water partition coefficient (Wildman–Crippen LogP) is 6.92. The van der Waals surface area contributed by atoms with E-state index in [1.54, 1.807) is 22.7 Å². The molecule has 0 fully saturated rings. The van der Waals surface area contributed by atoms with Crippen molar-refractivity contribution in [1.82, 2.24) is 0 Å². The van der Waals surface area contributed by atoms with E-state index in [1.165, 1.54) is 27.6 Å². The minimum Gasteiger partial charge on any atom is -0.456 e. The number of anilines is 1. The van der Waals surface area contributed by atoms with Crippen LogP contribution in [0.25, 0.3) is 21.9 Å². The lowest BCUT2D eigenvalue weighted by molar-refractivity contribution is 0.669. The number of thiophene rings is 2. The first-order valence-electron chi connectivity index (χ1n) is 8.55. The SMILES string of the molecule is c1ccc2c(c1)oc1ccc(N(Cc3ccsc3)Cc3ccsc3)cc12. The molecule has 0 aliphatic heterocycles. The van der Waals surface area contributed by atoms with Gasteiger partial charge in [0.15, 0.2) is 0 Å². The molecule has 3 heterocycles. The molecule has 128 valence electrons. The average Bonchev–Trinajstić information content (AvgIpc) is 3.42. The topological polar surface area (TPSA) is 16.4 Å². The third-order valence-corrected chi connectivity index (χ3v) is 6.10. The van der Waals surface area contributed by atoms with Crippen LogP contribution in [0.2, 0.25) is 0 Å². The summed E-state index contributed by atoms with van der Waals surface area (Å²) in [5.41, 5.74) is 5.81. The number of fused-ring (bicyclic) bond motifs is 3. The van der Waals surface area contributed by atoms with Crippen molar-refractivity contribution in [2.75, 3.05) is 4.90 Å². The summed E-state index contributed by atoms with van der Waals surface area (Å²) >= 11 is 3.50. The number of hydrogen-bond donors (Lipinski definition) is 0. The van der Waals surface area contributed by atoms with Crippen molar-refractivity contribution in [3.05, 3.63) is 87.2 Å². The van der Waals surface area contributed by atoms with Crippen LogP contribution in [-0.2, 0) is 13.1 Å². The fraction of sp³-hybridized carbons (Fsp3) is 0.0909. The standard InChI is InChI=1S/C22H17NOS2/c1-2-4-21-19(3-1)20-11-18(5-6-22(20)24-21)23(12-16-7-9-25-14-16)13-17-8-10-26-15-17/h1-11,14-15H,12-13H2. The zero-order valence-corrected chi connectivity index (χ0v) is 15.7. The van der Waals surface area contributed by atoms with Crippen LogP contribution in [0.3, 0.4) is 0 Å². The molecule has 0 unspecified atom stereocenters. The number of benzene rings is 2. The van der Waals surface area contributed by atoms with Crippen LogP contribution in [0.15, 0.2) is 80.5 Å². The molecular weight excluding hydrogens is 358 g/mol. The third kappa shape index (κ3) is 2.91. The van der Waals surface area contributed by atoms with Crippen molar-refractivity contribution < 1.29 is 4.42 Å². The fourth-order valence-electron chi connectivity index (χ4n) is 3.36. The molecule has 0 spiro atoms. The number of para-hydroxylation sites is 1. The van der Waals surface area contributed by atoms with Gasteiger partial charge in [0, 0.05) is 29.5 Å². The van der Waals surface area contributed by atoms with Gasteiger partial charge >= 0.3 is 0 Å². The average molecular weight is 376 g/mol. The highest BCUT2D eigenvalue weighted by molar-refractivity contribution is 7.08. The van der Waals surface area contributed by atoms with Crippen LogP contribution in [0, 0.1) is 0 Å². The monoisotopic (exact) mass is 375 g/mol. The highest BCUT2D eigenvalue weighted by Gasteiger charge is 2.13. The first kappa shape index (κ1) is 15.7. The minimum absolute atomic E-state index is 0.903. The summed E-state index contributed by atoms with van der Waals surface area (Å²) in [5, 5.41) is 11.1. The molecule has 0 atom stereocenters. The highest BCUT2D eigenvalue weighted by Crippen LogP contribution is 2.32. The molecule has 0 amide bonds. The summed E-state index contributed by atoms with van der Waals surface area (Å²) in [7, 11) is 0. The van der Waals surface area contributed by atoms with Crippen LogP contribution in [-0.4, -0.2) is 0 Å². The van der Waals surface area contributed by atoms with Gasteiger partial charge in [0.1, 0.15) is 11.2 Å². The number of furan rings is 1. The maximum Gasteiger partial charge on any atom is 0.135 e. The number of nitrogens with zero attached hydrogens (tertiary/aromatic N) is 1. The normalized spacial score (nSPS) is 11.4. The van der Waals surface area contributed by atoms with Crippen LogP contribution < -0.4 is 4.90 Å². The molecule has 26 heavy (non-hydrogen) atoms. The second-order valence-electron chi connectivity index (χ2n) is 6.40. The van der Waals surface area contributed by atoms with Crippen LogP contribution in [0.5, 0.6) is 0 Å². The Kier molecular flexibility index (Phi) is 4.00. The van der Waals surface area contributed by atoms with Crippen molar-refractivity contribution in [3.63, 3.8) is 0 Å². The molecular formula is C22H17NOS2. The van der Waals surface area contributed by atoms with E-state index in [2.05, 4.69) is 68.9 Å². The summed E-state index contributed by atoms with van der Waals surface area (Å²) in [6.45, 7) is 1.81. The van der Waals surface area contributed by atoms with Gasteiger partial charge in [-0.15, -0.1) is 0 Å². The Morgan fingerprint density at radius 1 is 0.731 bits per heavy atom. The van der Waals surface area contributed by atoms with Crippen molar-refractivity contribution in [2.24, 2.45) is 0 Å². The zero-order valence-electron chi connectivity index (χ0n) is 14.1. The smallest absolute Gasteiger partial charge is 0.135 e. The molecule has 5 aromatic rings. The first-order valence-corrected chi connectivity index (χ1v) is 10.4. The van der Waals surface area contributed by atoms with E-state index in [1.807, 2.05) is 12.1 Å². The van der Waals surface area contributed by atoms with E-state index in [0.717, 1.165) is 24.3 Å². The Bertz CT molecular complexity index is 1100. The summed E-state index contributed by atoms with van der Waals surface area (Å²) in [5.74, 6) is 0. The van der Waals surface area contributed by atoms with Crippen molar-refractivity contribution in [2.45, 2.75) is 13.1 Å². The van der Waals surface area contributed by atoms with Gasteiger partial charge in [0.25, 0.3) is 0 Å². The van der Waals surface area contributed by atoms with E-state index in [4.69, 9.17) is 4.42 Å². The molecule has 4 heteroatoms. The van der Waals surface area contributed by atoms with E-state index >= 15 is 0 Å². The molecule has 3 aromatic heterocycles. The largest absolute Gasteiger partial charge is 0.456 e. The maximum atomic E-state index is 5.98. The Morgan fingerprint density at radius 2 is 1.42 bits per heavy atom. The molecule has 0 aliphatic carbocycles. The summed E-state index contributed by atoms with van der Waals surface area (Å²) in [4.78, 5) is 2.44. The predicted molar refractivity (Wildman–Crippen MR) is 112 cm³/mol. The van der Waals surface area contributed by atoms with Crippen LogP contribution >= 0.6 is 22.7 Å². The molecule has 5 rings (SSSR count). The van der Waals surface area contributed by atoms with Crippen LogP contribution in [0.4, 0.5) is 5.69 Å². The number of hydrogen-bond acceptors (Lipinski definition) is 4. The third-order valence-electron chi connectivity index (χ3n) is 4.63. The molecule has 2 nitrogen and oxygen atoms in total. The fourth-order valence-corrected chi connectivity index (χ4v) is 4.67. The quantitative estimate of drug-likeness (QED) is 0.332. The lowest BCUT2D eigenvalue weighted by Crippen LogP contribution is -2.21. The lowest BCUT2D eigenvalue weighted by atomic mass is 10.1. The van der Waals surface area contributed by atoms with E-state index in [0.29, 0.717) is 0 Å². The van der Waals surface area contributed by atoms with Crippen molar-refractivity contribution in [1.29, 1.82) is 0 Å². The van der Waals surface area contributed by atoms with E-state index in [-0.39, 0.29) is 0 Å². The van der Waals surface area contributed by atoms with Crippen LogP contribution in [0.1, 0.15) is 11.1 Å². The lowest BCUT2D eigenvalue weighted by Gasteiger charge is -2.24.